The normalized spacial score (nSPS) is 14.5. The first-order valence-electron chi connectivity index (χ1n) is 10.3. The van der Waals surface area contributed by atoms with Crippen LogP contribution in [-0.4, -0.2) is 39.6 Å². The summed E-state index contributed by atoms with van der Waals surface area (Å²) in [4.78, 5) is 26.9. The Bertz CT molecular complexity index is 1000. The highest BCUT2D eigenvalue weighted by Gasteiger charge is 2.27. The number of hydrogen-bond donors (Lipinski definition) is 1. The molecule has 1 aromatic heterocycles. The molecule has 1 saturated heterocycles. The number of likely N-dealkylation sites (tertiary alicyclic amines) is 1. The number of benzene rings is 2. The van der Waals surface area contributed by atoms with Crippen molar-refractivity contribution in [2.75, 3.05) is 18.4 Å². The van der Waals surface area contributed by atoms with E-state index in [-0.39, 0.29) is 24.3 Å². The third-order valence-electron chi connectivity index (χ3n) is 5.58. The van der Waals surface area contributed by atoms with E-state index in [0.717, 1.165) is 11.3 Å². The number of amides is 2. The highest BCUT2D eigenvalue weighted by Crippen LogP contribution is 2.24. The maximum Gasteiger partial charge on any atom is 0.244 e. The van der Waals surface area contributed by atoms with Crippen molar-refractivity contribution in [1.82, 2.24) is 14.7 Å². The number of piperidine rings is 1. The number of anilines is 1. The number of nitrogens with zero attached hydrogens (tertiary/aromatic N) is 3. The summed E-state index contributed by atoms with van der Waals surface area (Å²) in [5, 5.41) is 7.10. The molecule has 4 rings (SSSR count). The van der Waals surface area contributed by atoms with Gasteiger partial charge in [-0.2, -0.15) is 5.10 Å². The van der Waals surface area contributed by atoms with Crippen molar-refractivity contribution in [3.05, 3.63) is 72.6 Å². The molecule has 1 aliphatic rings. The predicted octanol–water partition coefficient (Wildman–Crippen LogP) is 3.74. The molecule has 0 radical (unpaired) electrons. The van der Waals surface area contributed by atoms with Crippen LogP contribution in [0.2, 0.25) is 0 Å². The van der Waals surface area contributed by atoms with E-state index in [1.807, 2.05) is 35.2 Å². The minimum absolute atomic E-state index is 0.0254. The molecule has 154 valence electrons. The fourth-order valence-electron chi connectivity index (χ4n) is 3.84. The minimum Gasteiger partial charge on any atom is -0.341 e. The molecule has 2 aromatic carbocycles. The van der Waals surface area contributed by atoms with E-state index in [9.17, 15) is 9.59 Å². The van der Waals surface area contributed by atoms with E-state index >= 15 is 0 Å². The monoisotopic (exact) mass is 402 g/mol. The molecule has 2 heterocycles. The zero-order valence-corrected chi connectivity index (χ0v) is 17.1. The van der Waals surface area contributed by atoms with Gasteiger partial charge in [0.1, 0.15) is 6.54 Å². The van der Waals surface area contributed by atoms with Crippen molar-refractivity contribution >= 4 is 17.5 Å². The van der Waals surface area contributed by atoms with Crippen molar-refractivity contribution < 1.29 is 9.59 Å². The maximum absolute atomic E-state index is 12.7. The van der Waals surface area contributed by atoms with E-state index < -0.39 is 0 Å². The molecule has 0 saturated carbocycles. The number of hydrogen-bond acceptors (Lipinski definition) is 3. The average molecular weight is 402 g/mol. The lowest BCUT2D eigenvalue weighted by molar-refractivity contribution is -0.135. The van der Waals surface area contributed by atoms with Gasteiger partial charge in [0.25, 0.3) is 0 Å². The van der Waals surface area contributed by atoms with Gasteiger partial charge in [-0.1, -0.05) is 42.0 Å². The Labute approximate surface area is 176 Å². The Morgan fingerprint density at radius 2 is 1.80 bits per heavy atom. The number of aromatic nitrogens is 2. The van der Waals surface area contributed by atoms with E-state index in [2.05, 4.69) is 35.5 Å². The highest BCUT2D eigenvalue weighted by atomic mass is 16.2. The van der Waals surface area contributed by atoms with Crippen LogP contribution < -0.4 is 5.32 Å². The van der Waals surface area contributed by atoms with Gasteiger partial charge in [0.2, 0.25) is 11.8 Å². The third kappa shape index (κ3) is 4.76. The van der Waals surface area contributed by atoms with Crippen LogP contribution in [0.25, 0.3) is 11.1 Å². The van der Waals surface area contributed by atoms with Gasteiger partial charge < -0.3 is 10.2 Å². The molecule has 0 atom stereocenters. The van der Waals surface area contributed by atoms with Gasteiger partial charge in [-0.15, -0.1) is 0 Å². The first-order chi connectivity index (χ1) is 14.6. The second-order valence-corrected chi connectivity index (χ2v) is 7.79. The number of rotatable bonds is 5. The summed E-state index contributed by atoms with van der Waals surface area (Å²) in [6, 6.07) is 18.1. The van der Waals surface area contributed by atoms with Gasteiger partial charge in [0.15, 0.2) is 0 Å². The zero-order valence-electron chi connectivity index (χ0n) is 17.1. The summed E-state index contributed by atoms with van der Waals surface area (Å²) in [5.41, 5.74) is 4.31. The topological polar surface area (TPSA) is 67.2 Å². The first kappa shape index (κ1) is 19.9. The summed E-state index contributed by atoms with van der Waals surface area (Å²) >= 11 is 0. The van der Waals surface area contributed by atoms with E-state index in [4.69, 9.17) is 0 Å². The van der Waals surface area contributed by atoms with E-state index in [1.54, 1.807) is 23.1 Å². The first-order valence-corrected chi connectivity index (χ1v) is 10.3. The largest absolute Gasteiger partial charge is 0.341 e. The summed E-state index contributed by atoms with van der Waals surface area (Å²) < 4.78 is 1.63. The minimum atomic E-state index is -0.0739. The van der Waals surface area contributed by atoms with Crippen LogP contribution in [0.5, 0.6) is 0 Å². The molecule has 0 spiro atoms. The number of carbonyl (C=O) groups excluding carboxylic acids is 2. The second-order valence-electron chi connectivity index (χ2n) is 7.79. The lowest BCUT2D eigenvalue weighted by Crippen LogP contribution is -2.42. The van der Waals surface area contributed by atoms with E-state index in [1.165, 1.54) is 11.1 Å². The molecule has 3 aromatic rings. The van der Waals surface area contributed by atoms with Crippen LogP contribution in [0, 0.1) is 12.8 Å². The molecule has 0 unspecified atom stereocenters. The smallest absolute Gasteiger partial charge is 0.244 e. The molecule has 6 heteroatoms. The summed E-state index contributed by atoms with van der Waals surface area (Å²) in [5.74, 6) is -0.00280. The molecule has 2 amide bonds. The number of aryl methyl sites for hydroxylation is 1. The lowest BCUT2D eigenvalue weighted by Gasteiger charge is -2.31. The van der Waals surface area contributed by atoms with Gasteiger partial charge >= 0.3 is 0 Å². The SMILES string of the molecule is Cc1cccc(-c2ccc(NC(=O)C3CCN(C(=O)Cn4cccn4)CC3)cc2)c1. The number of carbonyl (C=O) groups is 2. The molecule has 1 N–H and O–H groups in total. The Morgan fingerprint density at radius 1 is 1.03 bits per heavy atom. The summed E-state index contributed by atoms with van der Waals surface area (Å²) in [6.45, 7) is 3.53. The quantitative estimate of drug-likeness (QED) is 0.707. The van der Waals surface area contributed by atoms with Crippen molar-refractivity contribution in [2.45, 2.75) is 26.3 Å². The van der Waals surface area contributed by atoms with Crippen molar-refractivity contribution in [2.24, 2.45) is 5.92 Å². The molecule has 30 heavy (non-hydrogen) atoms. The van der Waals surface area contributed by atoms with Crippen LogP contribution in [0.1, 0.15) is 18.4 Å². The van der Waals surface area contributed by atoms with E-state index in [0.29, 0.717) is 25.9 Å². The van der Waals surface area contributed by atoms with Gasteiger partial charge in [0.05, 0.1) is 0 Å². The molecule has 0 bridgehead atoms. The van der Waals surface area contributed by atoms with Crippen LogP contribution in [0.4, 0.5) is 5.69 Å². The number of nitrogens with one attached hydrogen (secondary N) is 1. The highest BCUT2D eigenvalue weighted by molar-refractivity contribution is 5.93. The van der Waals surface area contributed by atoms with Crippen molar-refractivity contribution in [1.29, 1.82) is 0 Å². The Morgan fingerprint density at radius 3 is 2.47 bits per heavy atom. The molecule has 6 nitrogen and oxygen atoms in total. The standard InChI is InChI=1S/C24H26N4O2/c1-18-4-2-5-21(16-18)19-6-8-22(9-7-19)26-24(30)20-10-14-27(15-11-20)23(29)17-28-13-3-12-25-28/h2-9,12-13,16,20H,10-11,14-15,17H2,1H3,(H,26,30). The maximum atomic E-state index is 12.7. The Kier molecular flexibility index (Phi) is 5.93. The Hall–Kier alpha value is -3.41. The molecule has 1 fully saturated rings. The van der Waals surface area contributed by atoms with Gasteiger partial charge in [-0.05, 0) is 49.1 Å². The van der Waals surface area contributed by atoms with Crippen molar-refractivity contribution in [3.63, 3.8) is 0 Å². The van der Waals surface area contributed by atoms with Gasteiger partial charge in [-0.3, -0.25) is 14.3 Å². The molecule has 1 aliphatic heterocycles. The zero-order chi connectivity index (χ0) is 20.9. The van der Waals surface area contributed by atoms with Gasteiger partial charge in [0, 0.05) is 37.1 Å². The fraction of sp³-hybridized carbons (Fsp3) is 0.292. The van der Waals surface area contributed by atoms with Crippen LogP contribution >= 0.6 is 0 Å². The van der Waals surface area contributed by atoms with Crippen molar-refractivity contribution in [3.8, 4) is 11.1 Å². The second kappa shape index (κ2) is 8.95. The molecular formula is C24H26N4O2. The fourth-order valence-corrected chi connectivity index (χ4v) is 3.84. The predicted molar refractivity (Wildman–Crippen MR) is 117 cm³/mol. The van der Waals surface area contributed by atoms with Gasteiger partial charge in [-0.25, -0.2) is 0 Å². The van der Waals surface area contributed by atoms with Crippen LogP contribution in [0.15, 0.2) is 67.0 Å². The molecule has 0 aliphatic carbocycles. The van der Waals surface area contributed by atoms with Crippen LogP contribution in [0.3, 0.4) is 0 Å². The third-order valence-corrected chi connectivity index (χ3v) is 5.58. The molecular weight excluding hydrogens is 376 g/mol. The van der Waals surface area contributed by atoms with Crippen LogP contribution in [-0.2, 0) is 16.1 Å². The summed E-state index contributed by atoms with van der Waals surface area (Å²) in [6.07, 6.45) is 4.80. The average Bonchev–Trinajstić information content (AvgIpc) is 3.27. The Balaban J connectivity index is 1.29. The summed E-state index contributed by atoms with van der Waals surface area (Å²) in [7, 11) is 0. The lowest BCUT2D eigenvalue weighted by atomic mass is 9.95.